The summed E-state index contributed by atoms with van der Waals surface area (Å²) in [4.78, 5) is 24.5. The quantitative estimate of drug-likeness (QED) is 0.841. The number of carbonyl (C=O) groups excluding carboxylic acids is 1. The molecule has 118 valence electrons. The van der Waals surface area contributed by atoms with Crippen LogP contribution in [0, 0.1) is 18.3 Å². The van der Waals surface area contributed by atoms with Crippen molar-refractivity contribution in [2.45, 2.75) is 20.4 Å². The van der Waals surface area contributed by atoms with Crippen LogP contribution in [-0.2, 0) is 6.54 Å². The molecule has 0 spiro atoms. The first-order valence-corrected chi connectivity index (χ1v) is 6.94. The molecule has 0 aliphatic rings. The third kappa shape index (κ3) is 3.91. The van der Waals surface area contributed by atoms with Gasteiger partial charge in [0.15, 0.2) is 0 Å². The summed E-state index contributed by atoms with van der Waals surface area (Å²) in [6.45, 7) is 4.10. The van der Waals surface area contributed by atoms with Gasteiger partial charge in [0.2, 0.25) is 5.88 Å². The van der Waals surface area contributed by atoms with Crippen LogP contribution in [0.3, 0.4) is 0 Å². The molecule has 3 N–H and O–H groups in total. The zero-order valence-electron chi connectivity index (χ0n) is 12.8. The van der Waals surface area contributed by atoms with Crippen molar-refractivity contribution in [1.29, 1.82) is 5.26 Å². The van der Waals surface area contributed by atoms with Crippen molar-refractivity contribution in [1.82, 2.24) is 20.3 Å². The molecule has 0 aliphatic carbocycles. The molecule has 0 aliphatic heterocycles. The molecule has 1 amide bonds. The number of pyridine rings is 1. The molecule has 8 heteroatoms. The van der Waals surface area contributed by atoms with Gasteiger partial charge in [0.05, 0.1) is 36.4 Å². The number of ether oxygens (including phenoxy) is 1. The zero-order chi connectivity index (χ0) is 16.8. The number of nitrogens with zero attached hydrogens (tertiary/aromatic N) is 4. The van der Waals surface area contributed by atoms with Crippen LogP contribution >= 0.6 is 0 Å². The van der Waals surface area contributed by atoms with E-state index in [1.165, 1.54) is 6.07 Å². The molecule has 8 nitrogen and oxygen atoms in total. The first-order valence-electron chi connectivity index (χ1n) is 6.94. The Morgan fingerprint density at radius 2 is 2.22 bits per heavy atom. The number of hydrogen-bond donors (Lipinski definition) is 2. The number of nitriles is 1. The molecule has 2 aromatic heterocycles. The lowest BCUT2D eigenvalue weighted by Crippen LogP contribution is -2.25. The van der Waals surface area contributed by atoms with Crippen LogP contribution in [-0.4, -0.2) is 27.5 Å². The predicted molar refractivity (Wildman–Crippen MR) is 82.5 cm³/mol. The molecule has 0 bridgehead atoms. The average molecular weight is 312 g/mol. The maximum absolute atomic E-state index is 12.2. The second kappa shape index (κ2) is 7.17. The summed E-state index contributed by atoms with van der Waals surface area (Å²) in [5.41, 5.74) is 7.53. The highest BCUT2D eigenvalue weighted by atomic mass is 16.5. The SMILES string of the molecule is CCOc1nc(C(=O)NCc2cnc(C)cn2)cc(N)c1C#N. The van der Waals surface area contributed by atoms with Crippen LogP contribution in [0.4, 0.5) is 5.69 Å². The molecule has 0 radical (unpaired) electrons. The van der Waals surface area contributed by atoms with Crippen LogP contribution in [0.15, 0.2) is 18.5 Å². The Kier molecular flexibility index (Phi) is 5.04. The van der Waals surface area contributed by atoms with Crippen LogP contribution < -0.4 is 15.8 Å². The van der Waals surface area contributed by atoms with E-state index in [9.17, 15) is 4.79 Å². The number of nitrogens with two attached hydrogens (primary N) is 1. The molecule has 0 fully saturated rings. The average Bonchev–Trinajstić information content (AvgIpc) is 2.54. The summed E-state index contributed by atoms with van der Waals surface area (Å²) in [6.07, 6.45) is 3.20. The Labute approximate surface area is 133 Å². The molecule has 2 rings (SSSR count). The summed E-state index contributed by atoms with van der Waals surface area (Å²) in [7, 11) is 0. The van der Waals surface area contributed by atoms with E-state index in [0.717, 1.165) is 5.69 Å². The number of nitrogen functional groups attached to an aromatic ring is 1. The van der Waals surface area contributed by atoms with Gasteiger partial charge in [-0.25, -0.2) is 4.98 Å². The number of aromatic nitrogens is 3. The summed E-state index contributed by atoms with van der Waals surface area (Å²) in [6, 6.07) is 3.26. The molecule has 0 atom stereocenters. The lowest BCUT2D eigenvalue weighted by Gasteiger charge is -2.10. The number of carbonyl (C=O) groups is 1. The monoisotopic (exact) mass is 312 g/mol. The third-order valence-corrected chi connectivity index (χ3v) is 2.91. The van der Waals surface area contributed by atoms with Gasteiger partial charge in [-0.15, -0.1) is 0 Å². The van der Waals surface area contributed by atoms with Crippen molar-refractivity contribution in [3.8, 4) is 11.9 Å². The Morgan fingerprint density at radius 1 is 1.43 bits per heavy atom. The second-order valence-electron chi connectivity index (χ2n) is 4.65. The van der Waals surface area contributed by atoms with E-state index >= 15 is 0 Å². The molecule has 2 heterocycles. The number of amides is 1. The van der Waals surface area contributed by atoms with E-state index in [4.69, 9.17) is 15.7 Å². The number of hydrogen-bond acceptors (Lipinski definition) is 7. The van der Waals surface area contributed by atoms with E-state index in [2.05, 4.69) is 20.3 Å². The highest BCUT2D eigenvalue weighted by molar-refractivity contribution is 5.93. The van der Waals surface area contributed by atoms with Gasteiger partial charge in [-0.2, -0.15) is 5.26 Å². The minimum atomic E-state index is -0.440. The van der Waals surface area contributed by atoms with Gasteiger partial charge in [0.1, 0.15) is 17.3 Å². The van der Waals surface area contributed by atoms with Crippen molar-refractivity contribution in [3.05, 3.63) is 41.1 Å². The maximum atomic E-state index is 12.2. The Balaban J connectivity index is 2.15. The van der Waals surface area contributed by atoms with E-state index in [1.54, 1.807) is 19.3 Å². The van der Waals surface area contributed by atoms with Crippen LogP contribution in [0.25, 0.3) is 0 Å². The van der Waals surface area contributed by atoms with Crippen LogP contribution in [0.5, 0.6) is 5.88 Å². The number of anilines is 1. The fourth-order valence-corrected chi connectivity index (χ4v) is 1.78. The molecular formula is C15H16N6O2. The van der Waals surface area contributed by atoms with Gasteiger partial charge in [-0.3, -0.25) is 14.8 Å². The normalized spacial score (nSPS) is 9.96. The second-order valence-corrected chi connectivity index (χ2v) is 4.65. The molecule has 0 saturated heterocycles. The number of aryl methyl sites for hydroxylation is 1. The van der Waals surface area contributed by atoms with Crippen molar-refractivity contribution in [2.75, 3.05) is 12.3 Å². The third-order valence-electron chi connectivity index (χ3n) is 2.91. The van der Waals surface area contributed by atoms with Gasteiger partial charge < -0.3 is 15.8 Å². The smallest absolute Gasteiger partial charge is 0.270 e. The fraction of sp³-hybridized carbons (Fsp3) is 0.267. The van der Waals surface area contributed by atoms with E-state index < -0.39 is 5.91 Å². The summed E-state index contributed by atoms with van der Waals surface area (Å²) in [5, 5.41) is 11.7. The van der Waals surface area contributed by atoms with Gasteiger partial charge in [-0.1, -0.05) is 0 Å². The Hall–Kier alpha value is -3.21. The molecular weight excluding hydrogens is 296 g/mol. The van der Waals surface area contributed by atoms with Crippen molar-refractivity contribution < 1.29 is 9.53 Å². The van der Waals surface area contributed by atoms with Crippen LogP contribution in [0.1, 0.15) is 34.4 Å². The van der Waals surface area contributed by atoms with Gasteiger partial charge >= 0.3 is 0 Å². The molecule has 2 aromatic rings. The Morgan fingerprint density at radius 3 is 2.83 bits per heavy atom. The van der Waals surface area contributed by atoms with E-state index in [1.807, 2.05) is 13.0 Å². The Bertz CT molecular complexity index is 752. The van der Waals surface area contributed by atoms with Gasteiger partial charge in [0, 0.05) is 6.20 Å². The molecule has 0 unspecified atom stereocenters. The van der Waals surface area contributed by atoms with E-state index in [-0.39, 0.29) is 29.4 Å². The largest absolute Gasteiger partial charge is 0.477 e. The highest BCUT2D eigenvalue weighted by Gasteiger charge is 2.16. The minimum absolute atomic E-state index is 0.0512. The molecule has 0 saturated carbocycles. The van der Waals surface area contributed by atoms with Crippen molar-refractivity contribution in [3.63, 3.8) is 0 Å². The number of nitrogens with one attached hydrogen (secondary N) is 1. The van der Waals surface area contributed by atoms with E-state index in [0.29, 0.717) is 12.3 Å². The van der Waals surface area contributed by atoms with Crippen molar-refractivity contribution >= 4 is 11.6 Å². The first kappa shape index (κ1) is 16.2. The lowest BCUT2D eigenvalue weighted by atomic mass is 10.2. The van der Waals surface area contributed by atoms with Crippen LogP contribution in [0.2, 0.25) is 0 Å². The summed E-state index contributed by atoms with van der Waals surface area (Å²) in [5.74, 6) is -0.389. The summed E-state index contributed by atoms with van der Waals surface area (Å²) < 4.78 is 5.26. The minimum Gasteiger partial charge on any atom is -0.477 e. The topological polar surface area (TPSA) is 127 Å². The molecule has 23 heavy (non-hydrogen) atoms. The van der Waals surface area contributed by atoms with Gasteiger partial charge in [0.25, 0.3) is 5.91 Å². The fourth-order valence-electron chi connectivity index (χ4n) is 1.78. The standard InChI is InChI=1S/C15H16N6O2/c1-3-23-15-11(5-16)12(17)4-13(21-15)14(22)20-8-10-7-18-9(2)6-19-10/h4,6-7H,3,8H2,1-2H3,(H2,17,21)(H,20,22). The number of rotatable bonds is 5. The van der Waals surface area contributed by atoms with Crippen molar-refractivity contribution in [2.24, 2.45) is 0 Å². The highest BCUT2D eigenvalue weighted by Crippen LogP contribution is 2.22. The lowest BCUT2D eigenvalue weighted by molar-refractivity contribution is 0.0944. The van der Waals surface area contributed by atoms with Gasteiger partial charge in [-0.05, 0) is 19.9 Å². The summed E-state index contributed by atoms with van der Waals surface area (Å²) >= 11 is 0. The maximum Gasteiger partial charge on any atom is 0.270 e. The molecule has 0 aromatic carbocycles. The first-order chi connectivity index (χ1) is 11.0. The predicted octanol–water partition coefficient (Wildman–Crippen LogP) is 0.963. The zero-order valence-corrected chi connectivity index (χ0v) is 12.8.